The van der Waals surface area contributed by atoms with Crippen molar-refractivity contribution in [1.29, 1.82) is 0 Å². The van der Waals surface area contributed by atoms with Crippen molar-refractivity contribution >= 4 is 16.5 Å². The Labute approximate surface area is 287 Å². The quantitative estimate of drug-likeness (QED) is 0.132. The third kappa shape index (κ3) is 7.97. The van der Waals surface area contributed by atoms with Gasteiger partial charge in [0.1, 0.15) is 0 Å². The summed E-state index contributed by atoms with van der Waals surface area (Å²) in [5.74, 6) is 1.16. The molecule has 0 spiro atoms. The van der Waals surface area contributed by atoms with Crippen molar-refractivity contribution in [2.24, 2.45) is 0 Å². The van der Waals surface area contributed by atoms with Crippen LogP contribution in [0, 0.1) is 49.5 Å². The van der Waals surface area contributed by atoms with Gasteiger partial charge in [0.2, 0.25) is 0 Å². The van der Waals surface area contributed by atoms with Gasteiger partial charge in [-0.05, 0) is 37.8 Å². The maximum absolute atomic E-state index is 6.57. The zero-order valence-corrected chi connectivity index (χ0v) is 27.9. The minimum absolute atomic E-state index is 0. The predicted octanol–water partition coefficient (Wildman–Crippen LogP) is 7.58. The van der Waals surface area contributed by atoms with E-state index in [4.69, 9.17) is 11.2 Å². The minimum atomic E-state index is 0. The summed E-state index contributed by atoms with van der Waals surface area (Å²) in [5.41, 5.74) is 4.09. The van der Waals surface area contributed by atoms with Crippen molar-refractivity contribution in [2.75, 3.05) is 11.9 Å². The minimum Gasteiger partial charge on any atom is -0.669 e. The van der Waals surface area contributed by atoms with Gasteiger partial charge in [-0.3, -0.25) is 12.1 Å². The van der Waals surface area contributed by atoms with Crippen molar-refractivity contribution in [2.45, 2.75) is 0 Å². The zero-order chi connectivity index (χ0) is 28.7. The fourth-order valence-electron chi connectivity index (χ4n) is 4.31. The number of hydrogen-bond acceptors (Lipinski definition) is 4. The largest absolute Gasteiger partial charge is 4.00 e. The first-order valence-corrected chi connectivity index (χ1v) is 13.2. The molecule has 3 heterocycles. The molecule has 1 aliphatic heterocycles. The van der Waals surface area contributed by atoms with Crippen molar-refractivity contribution in [3.05, 3.63) is 159 Å². The van der Waals surface area contributed by atoms with Gasteiger partial charge in [0.15, 0.2) is 0 Å². The van der Waals surface area contributed by atoms with Crippen LogP contribution in [0.3, 0.4) is 0 Å². The molecule has 0 amide bonds. The number of nitrogens with zero attached hydrogens (tertiary/aromatic N) is 4. The van der Waals surface area contributed by atoms with Crippen LogP contribution in [0.1, 0.15) is 0 Å². The molecule has 0 unspecified atom stereocenters. The standard InChI is InChI=1S/C31H19N3O.C6H4N.2Pt/c1-33-16-17-34(22-33)28-9-5-11-30(21-28)35-29-10-4-8-27(19-29)31-20-26(14-15-32-31)25-13-12-23-6-2-3-7-24(23)18-25;1-2-7-5-3-4-6-7;;/h2-7,9-12,14-18,22H,1H3;3-6H;;/q-6;-1;;+4. The Balaban J connectivity index is 0.000000436. The molecule has 0 aliphatic carbocycles. The van der Waals surface area contributed by atoms with Gasteiger partial charge in [-0.2, -0.15) is 42.7 Å². The third-order valence-electron chi connectivity index (χ3n) is 6.37. The number of ether oxygens (including phenoxy) is 1. The van der Waals surface area contributed by atoms with Crippen LogP contribution in [0.2, 0.25) is 0 Å². The number of pyridine rings is 1. The maximum Gasteiger partial charge on any atom is 4.00 e. The van der Waals surface area contributed by atoms with Gasteiger partial charge in [0, 0.05) is 39.2 Å². The molecule has 5 nitrogen and oxygen atoms in total. The first-order chi connectivity index (χ1) is 20.6. The van der Waals surface area contributed by atoms with Crippen LogP contribution in [0.15, 0.2) is 116 Å². The van der Waals surface area contributed by atoms with Crippen LogP contribution < -0.4 is 9.64 Å². The van der Waals surface area contributed by atoms with E-state index in [1.165, 1.54) is 0 Å². The van der Waals surface area contributed by atoms with E-state index in [0.29, 0.717) is 22.8 Å². The molecule has 0 saturated heterocycles. The summed E-state index contributed by atoms with van der Waals surface area (Å²) in [7, 11) is 1.98. The molecule has 0 bridgehead atoms. The second-order valence-corrected chi connectivity index (χ2v) is 9.34. The van der Waals surface area contributed by atoms with Crippen LogP contribution in [0.4, 0.5) is 5.69 Å². The number of rotatable bonds is 5. The van der Waals surface area contributed by atoms with Crippen LogP contribution >= 0.6 is 0 Å². The summed E-state index contributed by atoms with van der Waals surface area (Å²) in [6, 6.07) is 46.1. The molecule has 1 aliphatic rings. The SMILES string of the molecule is CN1C=CN(c2[c-]c(Oc3[c-]c(-c4[c-]c(-c5[c-]cc6ccccc6c5)ccn4)[c-]cc3)ccc2)[CH-]1.[C-]#Cn1cccc1.[Pt+4].[Pt]. The predicted molar refractivity (Wildman–Crippen MR) is 164 cm³/mol. The van der Waals surface area contributed by atoms with E-state index >= 15 is 0 Å². The molecule has 0 radical (unpaired) electrons. The monoisotopic (exact) mass is 929 g/mol. The van der Waals surface area contributed by atoms with Crippen LogP contribution in [-0.2, 0) is 42.1 Å². The molecule has 0 saturated carbocycles. The Kier molecular flexibility index (Phi) is 11.4. The molecule has 0 N–H and O–H groups in total. The maximum atomic E-state index is 6.57. The first-order valence-electron chi connectivity index (χ1n) is 13.2. The number of benzene rings is 4. The Hall–Kier alpha value is -4.35. The Morgan fingerprint density at radius 1 is 0.841 bits per heavy atom. The number of fused-ring (bicyclic) bond motifs is 1. The average molecular weight is 930 g/mol. The molecule has 220 valence electrons. The second-order valence-electron chi connectivity index (χ2n) is 9.34. The fraction of sp³-hybridized carbons (Fsp3) is 0.0270. The van der Waals surface area contributed by atoms with Gasteiger partial charge in [0.25, 0.3) is 0 Å². The molecule has 7 heteroatoms. The molecular formula is C37H23N4OPt2-3. The molecule has 6 aromatic rings. The van der Waals surface area contributed by atoms with E-state index in [-0.39, 0.29) is 42.1 Å². The first kappa shape index (κ1) is 32.6. The summed E-state index contributed by atoms with van der Waals surface area (Å²) >= 11 is 0. The van der Waals surface area contributed by atoms with E-state index < -0.39 is 0 Å². The summed E-state index contributed by atoms with van der Waals surface area (Å²) in [5, 5.41) is 2.32. The Morgan fingerprint density at radius 3 is 2.39 bits per heavy atom. The van der Waals surface area contributed by atoms with E-state index in [1.807, 2.05) is 96.6 Å². The number of hydrogen-bond donors (Lipinski definition) is 0. The smallest absolute Gasteiger partial charge is 0.669 e. The third-order valence-corrected chi connectivity index (χ3v) is 6.37. The molecule has 4 aromatic carbocycles. The van der Waals surface area contributed by atoms with Gasteiger partial charge in [0.05, 0.1) is 0 Å². The van der Waals surface area contributed by atoms with Crippen molar-refractivity contribution in [1.82, 2.24) is 14.5 Å². The summed E-state index contributed by atoms with van der Waals surface area (Å²) in [4.78, 5) is 8.46. The molecule has 0 fully saturated rings. The second kappa shape index (κ2) is 15.4. The molecule has 2 aromatic heterocycles. The van der Waals surface area contributed by atoms with Crippen molar-refractivity contribution in [3.63, 3.8) is 0 Å². The molecular weight excluding hydrogens is 907 g/mol. The normalized spacial score (nSPS) is 11.5. The summed E-state index contributed by atoms with van der Waals surface area (Å²) in [6.45, 7) is 1.97. The Bertz CT molecular complexity index is 1900. The molecule has 7 rings (SSSR count). The van der Waals surface area contributed by atoms with Gasteiger partial charge in [-0.1, -0.05) is 30.0 Å². The van der Waals surface area contributed by atoms with Gasteiger partial charge >= 0.3 is 21.1 Å². The van der Waals surface area contributed by atoms with Crippen LogP contribution in [0.25, 0.3) is 33.2 Å². The summed E-state index contributed by atoms with van der Waals surface area (Å²) in [6.07, 6.45) is 15.8. The molecule has 44 heavy (non-hydrogen) atoms. The van der Waals surface area contributed by atoms with E-state index in [9.17, 15) is 0 Å². The number of anilines is 1. The van der Waals surface area contributed by atoms with Crippen molar-refractivity contribution in [3.8, 4) is 39.9 Å². The van der Waals surface area contributed by atoms with Crippen LogP contribution in [0.5, 0.6) is 11.5 Å². The fourth-order valence-corrected chi connectivity index (χ4v) is 4.31. The zero-order valence-electron chi connectivity index (χ0n) is 23.4. The topological polar surface area (TPSA) is 33.5 Å². The Morgan fingerprint density at radius 2 is 1.64 bits per heavy atom. The number of aromatic nitrogens is 2. The average Bonchev–Trinajstić information content (AvgIpc) is 3.74. The van der Waals surface area contributed by atoms with Gasteiger partial charge in [-0.15, -0.1) is 40.7 Å². The van der Waals surface area contributed by atoms with Crippen molar-refractivity contribution < 1.29 is 46.9 Å². The van der Waals surface area contributed by atoms with E-state index in [2.05, 4.69) is 59.6 Å². The summed E-state index contributed by atoms with van der Waals surface area (Å²) < 4.78 is 7.62. The molecule has 0 atom stereocenters. The van der Waals surface area contributed by atoms with Crippen LogP contribution in [-0.4, -0.2) is 21.5 Å². The van der Waals surface area contributed by atoms with E-state index in [0.717, 1.165) is 27.6 Å². The van der Waals surface area contributed by atoms with Gasteiger partial charge in [-0.25, -0.2) is 23.2 Å². The van der Waals surface area contributed by atoms with E-state index in [1.54, 1.807) is 29.2 Å². The van der Waals surface area contributed by atoms with Gasteiger partial charge < -0.3 is 42.1 Å².